The molecule has 4 heteroatoms. The number of hydrogen-bond acceptors (Lipinski definition) is 3. The van der Waals surface area contributed by atoms with E-state index in [0.29, 0.717) is 18.1 Å². The van der Waals surface area contributed by atoms with Crippen LogP contribution in [-0.4, -0.2) is 16.2 Å². The summed E-state index contributed by atoms with van der Waals surface area (Å²) in [6.07, 6.45) is 4.76. The highest BCUT2D eigenvalue weighted by Crippen LogP contribution is 2.14. The average molecular weight is 269 g/mol. The SMILES string of the molecule is CC(C)c1nccn1CCCOc1cccc(C#N)c1. The molecule has 2 rings (SSSR count). The van der Waals surface area contributed by atoms with Crippen molar-refractivity contribution in [2.45, 2.75) is 32.7 Å². The quantitative estimate of drug-likeness (QED) is 0.756. The number of nitrogens with zero attached hydrogens (tertiary/aromatic N) is 3. The van der Waals surface area contributed by atoms with Crippen molar-refractivity contribution < 1.29 is 4.74 Å². The molecule has 20 heavy (non-hydrogen) atoms. The van der Waals surface area contributed by atoms with E-state index in [9.17, 15) is 0 Å². The highest BCUT2D eigenvalue weighted by atomic mass is 16.5. The van der Waals surface area contributed by atoms with Gasteiger partial charge in [-0.25, -0.2) is 4.98 Å². The first-order valence-corrected chi connectivity index (χ1v) is 6.84. The van der Waals surface area contributed by atoms with E-state index < -0.39 is 0 Å². The number of ether oxygens (including phenoxy) is 1. The molecule has 0 unspecified atom stereocenters. The monoisotopic (exact) mass is 269 g/mol. The van der Waals surface area contributed by atoms with Gasteiger partial charge in [-0.3, -0.25) is 0 Å². The maximum absolute atomic E-state index is 8.83. The number of imidazole rings is 1. The molecule has 0 aliphatic heterocycles. The fourth-order valence-corrected chi connectivity index (χ4v) is 2.09. The van der Waals surface area contributed by atoms with Crippen LogP contribution in [0.25, 0.3) is 0 Å². The second-order valence-electron chi connectivity index (χ2n) is 4.98. The predicted molar refractivity (Wildman–Crippen MR) is 77.6 cm³/mol. The zero-order valence-corrected chi connectivity index (χ0v) is 11.9. The van der Waals surface area contributed by atoms with Gasteiger partial charge in [0.05, 0.1) is 18.2 Å². The fraction of sp³-hybridized carbons (Fsp3) is 0.375. The van der Waals surface area contributed by atoms with Crippen molar-refractivity contribution in [3.8, 4) is 11.8 Å². The molecule has 104 valence electrons. The third kappa shape index (κ3) is 3.61. The molecule has 0 N–H and O–H groups in total. The number of aryl methyl sites for hydroxylation is 1. The summed E-state index contributed by atoms with van der Waals surface area (Å²) in [5.74, 6) is 2.29. The Morgan fingerprint density at radius 1 is 1.40 bits per heavy atom. The third-order valence-electron chi connectivity index (χ3n) is 3.04. The second kappa shape index (κ2) is 6.76. The normalized spacial score (nSPS) is 10.5. The largest absolute Gasteiger partial charge is 0.493 e. The third-order valence-corrected chi connectivity index (χ3v) is 3.04. The molecule has 1 aromatic heterocycles. The number of rotatable bonds is 6. The van der Waals surface area contributed by atoms with Crippen molar-refractivity contribution in [1.29, 1.82) is 5.26 Å². The van der Waals surface area contributed by atoms with Crippen LogP contribution in [0.3, 0.4) is 0 Å². The highest BCUT2D eigenvalue weighted by molar-refractivity contribution is 5.36. The van der Waals surface area contributed by atoms with E-state index in [1.165, 1.54) is 0 Å². The topological polar surface area (TPSA) is 50.8 Å². The van der Waals surface area contributed by atoms with Crippen molar-refractivity contribution in [1.82, 2.24) is 9.55 Å². The minimum atomic E-state index is 0.429. The van der Waals surface area contributed by atoms with E-state index >= 15 is 0 Å². The Morgan fingerprint density at radius 2 is 2.25 bits per heavy atom. The van der Waals surface area contributed by atoms with Gasteiger partial charge in [-0.05, 0) is 24.6 Å². The summed E-state index contributed by atoms with van der Waals surface area (Å²) in [6, 6.07) is 9.35. The van der Waals surface area contributed by atoms with Crippen molar-refractivity contribution >= 4 is 0 Å². The van der Waals surface area contributed by atoms with Crippen LogP contribution in [0, 0.1) is 11.3 Å². The van der Waals surface area contributed by atoms with Crippen molar-refractivity contribution in [3.63, 3.8) is 0 Å². The average Bonchev–Trinajstić information content (AvgIpc) is 2.92. The van der Waals surface area contributed by atoms with Crippen LogP contribution < -0.4 is 4.74 Å². The van der Waals surface area contributed by atoms with Gasteiger partial charge in [0, 0.05) is 24.9 Å². The summed E-state index contributed by atoms with van der Waals surface area (Å²) in [6.45, 7) is 5.81. The first-order chi connectivity index (χ1) is 9.70. The van der Waals surface area contributed by atoms with Crippen LogP contribution >= 0.6 is 0 Å². The van der Waals surface area contributed by atoms with E-state index in [4.69, 9.17) is 10.00 Å². The van der Waals surface area contributed by atoms with Gasteiger partial charge < -0.3 is 9.30 Å². The fourth-order valence-electron chi connectivity index (χ4n) is 2.09. The summed E-state index contributed by atoms with van der Waals surface area (Å²) >= 11 is 0. The van der Waals surface area contributed by atoms with Crippen molar-refractivity contribution in [2.75, 3.05) is 6.61 Å². The smallest absolute Gasteiger partial charge is 0.120 e. The van der Waals surface area contributed by atoms with E-state index in [1.807, 2.05) is 24.5 Å². The Balaban J connectivity index is 1.82. The van der Waals surface area contributed by atoms with E-state index in [0.717, 1.165) is 24.5 Å². The summed E-state index contributed by atoms with van der Waals surface area (Å²) in [5, 5.41) is 8.83. The van der Waals surface area contributed by atoms with Crippen LogP contribution in [0.5, 0.6) is 5.75 Å². The molecule has 0 bridgehead atoms. The lowest BCUT2D eigenvalue weighted by molar-refractivity contribution is 0.300. The van der Waals surface area contributed by atoms with Gasteiger partial charge in [0.25, 0.3) is 0 Å². The zero-order valence-electron chi connectivity index (χ0n) is 11.9. The van der Waals surface area contributed by atoms with Crippen LogP contribution in [0.15, 0.2) is 36.7 Å². The van der Waals surface area contributed by atoms with Gasteiger partial charge in [-0.2, -0.15) is 5.26 Å². The number of benzene rings is 1. The number of nitriles is 1. The molecule has 0 saturated carbocycles. The van der Waals surface area contributed by atoms with Crippen LogP contribution in [-0.2, 0) is 6.54 Å². The molecular weight excluding hydrogens is 250 g/mol. The lowest BCUT2D eigenvalue weighted by Gasteiger charge is -2.11. The molecule has 4 nitrogen and oxygen atoms in total. The molecule has 0 radical (unpaired) electrons. The van der Waals surface area contributed by atoms with Crippen LogP contribution in [0.2, 0.25) is 0 Å². The Bertz CT molecular complexity index is 596. The molecule has 0 amide bonds. The maximum Gasteiger partial charge on any atom is 0.120 e. The minimum Gasteiger partial charge on any atom is -0.493 e. The van der Waals surface area contributed by atoms with Gasteiger partial charge in [0.15, 0.2) is 0 Å². The Hall–Kier alpha value is -2.28. The number of hydrogen-bond donors (Lipinski definition) is 0. The summed E-state index contributed by atoms with van der Waals surface area (Å²) in [4.78, 5) is 4.36. The van der Waals surface area contributed by atoms with Crippen molar-refractivity contribution in [2.24, 2.45) is 0 Å². The lowest BCUT2D eigenvalue weighted by Crippen LogP contribution is -2.08. The summed E-state index contributed by atoms with van der Waals surface area (Å²) in [7, 11) is 0. The molecule has 1 aromatic carbocycles. The highest BCUT2D eigenvalue weighted by Gasteiger charge is 2.06. The maximum atomic E-state index is 8.83. The Kier molecular flexibility index (Phi) is 4.78. The first-order valence-electron chi connectivity index (χ1n) is 6.84. The van der Waals surface area contributed by atoms with Crippen LogP contribution in [0.4, 0.5) is 0 Å². The van der Waals surface area contributed by atoms with Gasteiger partial charge >= 0.3 is 0 Å². The molecular formula is C16H19N3O. The molecule has 0 fully saturated rings. The van der Waals surface area contributed by atoms with Crippen molar-refractivity contribution in [3.05, 3.63) is 48.0 Å². The molecule has 0 saturated heterocycles. The molecule has 1 heterocycles. The van der Waals surface area contributed by atoms with Gasteiger partial charge in [-0.1, -0.05) is 19.9 Å². The molecule has 0 spiro atoms. The Labute approximate surface area is 119 Å². The van der Waals surface area contributed by atoms with E-state index in [2.05, 4.69) is 29.5 Å². The zero-order chi connectivity index (χ0) is 14.4. The van der Waals surface area contributed by atoms with Gasteiger partial charge in [-0.15, -0.1) is 0 Å². The van der Waals surface area contributed by atoms with Gasteiger partial charge in [0.2, 0.25) is 0 Å². The Morgan fingerprint density at radius 3 is 3.00 bits per heavy atom. The number of aromatic nitrogens is 2. The van der Waals surface area contributed by atoms with E-state index in [1.54, 1.807) is 12.1 Å². The summed E-state index contributed by atoms with van der Waals surface area (Å²) in [5.41, 5.74) is 0.624. The standard InChI is InChI=1S/C16H19N3O/c1-13(2)16-18-7-9-19(16)8-4-10-20-15-6-3-5-14(11-15)12-17/h3,5-7,9,11,13H,4,8,10H2,1-2H3. The predicted octanol–water partition coefficient (Wildman–Crippen LogP) is 3.35. The lowest BCUT2D eigenvalue weighted by atomic mass is 10.2. The van der Waals surface area contributed by atoms with Gasteiger partial charge in [0.1, 0.15) is 11.6 Å². The molecule has 0 aliphatic carbocycles. The van der Waals surface area contributed by atoms with E-state index in [-0.39, 0.29) is 0 Å². The molecule has 0 aliphatic rings. The molecule has 0 atom stereocenters. The first kappa shape index (κ1) is 14.1. The summed E-state index contributed by atoms with van der Waals surface area (Å²) < 4.78 is 7.83. The van der Waals surface area contributed by atoms with Crippen LogP contribution in [0.1, 0.15) is 37.6 Å². The minimum absolute atomic E-state index is 0.429. The second-order valence-corrected chi connectivity index (χ2v) is 4.98. The molecule has 2 aromatic rings.